The Morgan fingerprint density at radius 1 is 1.10 bits per heavy atom. The van der Waals surface area contributed by atoms with Gasteiger partial charge in [-0.05, 0) is 92.6 Å². The third-order valence-electron chi connectivity index (χ3n) is 7.82. The average molecular weight is 549 g/mol. The van der Waals surface area contributed by atoms with E-state index in [1.54, 1.807) is 13.8 Å². The van der Waals surface area contributed by atoms with Crippen LogP contribution >= 0.6 is 0 Å². The molecule has 0 bridgehead atoms. The van der Waals surface area contributed by atoms with Gasteiger partial charge >= 0.3 is 5.97 Å². The molecule has 1 heterocycles. The summed E-state index contributed by atoms with van der Waals surface area (Å²) >= 11 is 0. The molecule has 0 spiro atoms. The quantitative estimate of drug-likeness (QED) is 0.298. The summed E-state index contributed by atoms with van der Waals surface area (Å²) < 4.78 is 38.2. The zero-order valence-corrected chi connectivity index (χ0v) is 23.8. The molecule has 0 aromatic heterocycles. The van der Waals surface area contributed by atoms with Crippen LogP contribution in [0.5, 0.6) is 17.2 Å². The SMILES string of the molecule is COC(=O)CC1COc2cc(OC3CCc4c(-c5c(C)cc(OCCC(C)(C)O)cc5C)ccc(F)c43)ccc21. The molecule has 3 aromatic rings. The van der Waals surface area contributed by atoms with Crippen molar-refractivity contribution in [1.29, 1.82) is 0 Å². The van der Waals surface area contributed by atoms with Gasteiger partial charge in [0, 0.05) is 29.5 Å². The van der Waals surface area contributed by atoms with Crippen LogP contribution in [0.1, 0.15) is 72.9 Å². The maximum absolute atomic E-state index is 15.3. The van der Waals surface area contributed by atoms with Crippen LogP contribution in [0.25, 0.3) is 11.1 Å². The predicted octanol–water partition coefficient (Wildman–Crippen LogP) is 6.75. The van der Waals surface area contributed by atoms with Gasteiger partial charge in [-0.25, -0.2) is 4.39 Å². The van der Waals surface area contributed by atoms with E-state index in [-0.39, 0.29) is 24.1 Å². The fourth-order valence-electron chi connectivity index (χ4n) is 5.82. The lowest BCUT2D eigenvalue weighted by molar-refractivity contribution is -0.141. The highest BCUT2D eigenvalue weighted by Gasteiger charge is 2.32. The fraction of sp³-hybridized carbons (Fsp3) is 0.424. The highest BCUT2D eigenvalue weighted by molar-refractivity contribution is 5.76. The van der Waals surface area contributed by atoms with Crippen LogP contribution in [0.3, 0.4) is 0 Å². The Hall–Kier alpha value is -3.58. The maximum Gasteiger partial charge on any atom is 0.306 e. The lowest BCUT2D eigenvalue weighted by Crippen LogP contribution is -2.21. The topological polar surface area (TPSA) is 74.2 Å². The molecule has 2 unspecified atom stereocenters. The predicted molar refractivity (Wildman–Crippen MR) is 151 cm³/mol. The average Bonchev–Trinajstić information content (AvgIpc) is 3.49. The molecule has 5 rings (SSSR count). The molecule has 0 fully saturated rings. The number of aliphatic hydroxyl groups is 1. The Labute approximate surface area is 235 Å². The Bertz CT molecular complexity index is 1400. The van der Waals surface area contributed by atoms with Gasteiger partial charge in [0.1, 0.15) is 29.2 Å². The number of rotatable bonds is 9. The fourth-order valence-corrected chi connectivity index (χ4v) is 5.82. The lowest BCUT2D eigenvalue weighted by Gasteiger charge is -2.20. The van der Waals surface area contributed by atoms with Gasteiger partial charge in [0.15, 0.2) is 0 Å². The van der Waals surface area contributed by atoms with Gasteiger partial charge in [0.2, 0.25) is 0 Å². The minimum Gasteiger partial charge on any atom is -0.493 e. The van der Waals surface area contributed by atoms with Crippen molar-refractivity contribution in [2.45, 2.75) is 71.0 Å². The second-order valence-electron chi connectivity index (χ2n) is 11.5. The van der Waals surface area contributed by atoms with E-state index in [1.807, 2.05) is 50.2 Å². The third kappa shape index (κ3) is 5.80. The van der Waals surface area contributed by atoms with E-state index >= 15 is 4.39 Å². The van der Waals surface area contributed by atoms with Crippen LogP contribution in [-0.4, -0.2) is 37.0 Å². The van der Waals surface area contributed by atoms with Crippen LogP contribution < -0.4 is 14.2 Å². The number of carbonyl (C=O) groups is 1. The highest BCUT2D eigenvalue weighted by Crippen LogP contribution is 2.45. The van der Waals surface area contributed by atoms with E-state index in [9.17, 15) is 9.90 Å². The van der Waals surface area contributed by atoms with Crippen molar-refractivity contribution >= 4 is 5.97 Å². The van der Waals surface area contributed by atoms with Gasteiger partial charge in [-0.3, -0.25) is 4.79 Å². The molecule has 6 nitrogen and oxygen atoms in total. The van der Waals surface area contributed by atoms with Crippen molar-refractivity contribution < 1.29 is 33.2 Å². The zero-order chi connectivity index (χ0) is 28.6. The molecule has 40 heavy (non-hydrogen) atoms. The van der Waals surface area contributed by atoms with Crippen LogP contribution in [0, 0.1) is 19.7 Å². The standard InChI is InChI=1S/C33H37FO6/c1-19-14-23(38-13-12-33(3,4)36)15-20(2)31(19)25-8-10-27(34)32-26(25)9-11-28(32)40-22-6-7-24-21(16-30(35)37-5)18-39-29(24)17-22/h6-8,10,14-15,17,21,28,36H,9,11-13,16,18H2,1-5H3. The molecular formula is C33H37FO6. The Morgan fingerprint density at radius 2 is 1.85 bits per heavy atom. The number of esters is 1. The van der Waals surface area contributed by atoms with Gasteiger partial charge in [0.05, 0.1) is 32.3 Å². The molecule has 0 saturated carbocycles. The molecule has 0 amide bonds. The number of fused-ring (bicyclic) bond motifs is 2. The molecule has 2 atom stereocenters. The smallest absolute Gasteiger partial charge is 0.306 e. The van der Waals surface area contributed by atoms with Gasteiger partial charge < -0.3 is 24.1 Å². The van der Waals surface area contributed by atoms with Crippen molar-refractivity contribution in [1.82, 2.24) is 0 Å². The molecule has 2 aliphatic rings. The number of carbonyl (C=O) groups excluding carboxylic acids is 1. The number of aryl methyl sites for hydroxylation is 2. The summed E-state index contributed by atoms with van der Waals surface area (Å²) in [5.74, 6) is 1.48. The number of benzene rings is 3. The Balaban J connectivity index is 1.37. The molecule has 3 aromatic carbocycles. The van der Waals surface area contributed by atoms with Crippen molar-refractivity contribution in [2.24, 2.45) is 0 Å². The highest BCUT2D eigenvalue weighted by atomic mass is 19.1. The first-order valence-corrected chi connectivity index (χ1v) is 13.8. The van der Waals surface area contributed by atoms with E-state index in [2.05, 4.69) is 0 Å². The molecular weight excluding hydrogens is 511 g/mol. The Morgan fingerprint density at radius 3 is 2.55 bits per heavy atom. The number of hydrogen-bond acceptors (Lipinski definition) is 6. The molecule has 7 heteroatoms. The first-order valence-electron chi connectivity index (χ1n) is 13.8. The van der Waals surface area contributed by atoms with Crippen molar-refractivity contribution in [3.8, 4) is 28.4 Å². The molecule has 0 radical (unpaired) electrons. The minimum absolute atomic E-state index is 0.0477. The second kappa shape index (κ2) is 11.1. The second-order valence-corrected chi connectivity index (χ2v) is 11.5. The monoisotopic (exact) mass is 548 g/mol. The molecule has 212 valence electrons. The van der Waals surface area contributed by atoms with E-state index < -0.39 is 11.7 Å². The molecule has 1 aliphatic heterocycles. The summed E-state index contributed by atoms with van der Waals surface area (Å²) in [7, 11) is 1.38. The van der Waals surface area contributed by atoms with Gasteiger partial charge in [-0.2, -0.15) is 0 Å². The third-order valence-corrected chi connectivity index (χ3v) is 7.82. The summed E-state index contributed by atoms with van der Waals surface area (Å²) in [6.07, 6.45) is 1.76. The molecule has 1 N–H and O–H groups in total. The number of halogens is 1. The molecule has 0 saturated heterocycles. The van der Waals surface area contributed by atoms with Crippen molar-refractivity contribution in [3.63, 3.8) is 0 Å². The van der Waals surface area contributed by atoms with E-state index in [0.717, 1.165) is 39.1 Å². The summed E-state index contributed by atoms with van der Waals surface area (Å²) in [6.45, 7) is 8.46. The van der Waals surface area contributed by atoms with Gasteiger partial charge in [-0.1, -0.05) is 12.1 Å². The van der Waals surface area contributed by atoms with Crippen molar-refractivity contribution in [3.05, 3.63) is 76.1 Å². The number of ether oxygens (including phenoxy) is 4. The van der Waals surface area contributed by atoms with E-state index in [0.29, 0.717) is 49.5 Å². The van der Waals surface area contributed by atoms with E-state index in [1.165, 1.54) is 13.2 Å². The largest absolute Gasteiger partial charge is 0.493 e. The lowest BCUT2D eigenvalue weighted by atomic mass is 9.90. The maximum atomic E-state index is 15.3. The van der Waals surface area contributed by atoms with Gasteiger partial charge in [0.25, 0.3) is 0 Å². The summed E-state index contributed by atoms with van der Waals surface area (Å²) in [5, 5.41) is 9.97. The first kappa shape index (κ1) is 28.0. The summed E-state index contributed by atoms with van der Waals surface area (Å²) in [6, 6.07) is 13.0. The van der Waals surface area contributed by atoms with E-state index in [4.69, 9.17) is 18.9 Å². The molecule has 1 aliphatic carbocycles. The Kier molecular flexibility index (Phi) is 7.78. The summed E-state index contributed by atoms with van der Waals surface area (Å²) in [5.41, 5.74) is 5.95. The van der Waals surface area contributed by atoms with Crippen LogP contribution in [0.2, 0.25) is 0 Å². The number of hydrogen-bond donors (Lipinski definition) is 1. The van der Waals surface area contributed by atoms with Crippen LogP contribution in [-0.2, 0) is 16.0 Å². The van der Waals surface area contributed by atoms with Crippen molar-refractivity contribution in [2.75, 3.05) is 20.3 Å². The normalized spacial score (nSPS) is 17.7. The summed E-state index contributed by atoms with van der Waals surface area (Å²) in [4.78, 5) is 11.7. The number of methoxy groups -OCH3 is 1. The van der Waals surface area contributed by atoms with Crippen LogP contribution in [0.4, 0.5) is 4.39 Å². The first-order chi connectivity index (χ1) is 19.0. The zero-order valence-electron chi connectivity index (χ0n) is 23.8. The van der Waals surface area contributed by atoms with Crippen LogP contribution in [0.15, 0.2) is 42.5 Å². The van der Waals surface area contributed by atoms with Gasteiger partial charge in [-0.15, -0.1) is 0 Å². The minimum atomic E-state index is -0.781.